The van der Waals surface area contributed by atoms with Gasteiger partial charge in [-0.1, -0.05) is 66.4 Å². The molecule has 0 atom stereocenters. The number of methoxy groups -OCH3 is 1. The van der Waals surface area contributed by atoms with E-state index in [-0.39, 0.29) is 11.7 Å². The maximum Gasteiger partial charge on any atom is 0.341 e. The molecule has 1 amide bonds. The molecule has 2 aromatic heterocycles. The molecule has 34 heavy (non-hydrogen) atoms. The molecule has 0 radical (unpaired) electrons. The second-order valence-corrected chi connectivity index (χ2v) is 9.78. The predicted octanol–water partition coefficient (Wildman–Crippen LogP) is 5.34. The number of hydrogen-bond donors (Lipinski definition) is 1. The summed E-state index contributed by atoms with van der Waals surface area (Å²) in [5.41, 5.74) is 4.14. The third-order valence-corrected chi connectivity index (χ3v) is 7.38. The summed E-state index contributed by atoms with van der Waals surface area (Å²) >= 11 is 2.65. The number of aryl methyl sites for hydroxylation is 2. The lowest BCUT2D eigenvalue weighted by Gasteiger charge is -2.08. The van der Waals surface area contributed by atoms with Gasteiger partial charge in [-0.25, -0.2) is 4.79 Å². The van der Waals surface area contributed by atoms with Crippen molar-refractivity contribution in [2.24, 2.45) is 7.05 Å². The lowest BCUT2D eigenvalue weighted by atomic mass is 10.0. The van der Waals surface area contributed by atoms with Gasteiger partial charge in [0.2, 0.25) is 5.91 Å². The van der Waals surface area contributed by atoms with E-state index in [1.165, 1.54) is 30.2 Å². The van der Waals surface area contributed by atoms with Crippen molar-refractivity contribution in [3.63, 3.8) is 0 Å². The van der Waals surface area contributed by atoms with E-state index in [4.69, 9.17) is 4.74 Å². The number of thiophene rings is 1. The van der Waals surface area contributed by atoms with Gasteiger partial charge in [0.25, 0.3) is 0 Å². The van der Waals surface area contributed by atoms with Crippen LogP contribution in [0.15, 0.2) is 59.8 Å². The van der Waals surface area contributed by atoms with Crippen LogP contribution in [0.1, 0.15) is 20.8 Å². The summed E-state index contributed by atoms with van der Waals surface area (Å²) in [6.45, 7) is 3.95. The van der Waals surface area contributed by atoms with E-state index in [1.54, 1.807) is 0 Å². The molecule has 4 rings (SSSR count). The summed E-state index contributed by atoms with van der Waals surface area (Å²) < 4.78 is 6.90. The number of amides is 1. The summed E-state index contributed by atoms with van der Waals surface area (Å²) in [5, 5.41) is 12.6. The molecule has 0 spiro atoms. The van der Waals surface area contributed by atoms with Gasteiger partial charge in [0.1, 0.15) is 10.6 Å². The molecule has 1 N–H and O–H groups in total. The summed E-state index contributed by atoms with van der Waals surface area (Å²) in [5.74, 6) is 0.145. The highest BCUT2D eigenvalue weighted by atomic mass is 32.2. The largest absolute Gasteiger partial charge is 0.465 e. The summed E-state index contributed by atoms with van der Waals surface area (Å²) in [4.78, 5) is 26.4. The van der Waals surface area contributed by atoms with E-state index in [0.717, 1.165) is 33.0 Å². The molecule has 7 nitrogen and oxygen atoms in total. The number of carbonyl (C=O) groups is 2. The number of carbonyl (C=O) groups excluding carboxylic acids is 2. The van der Waals surface area contributed by atoms with E-state index >= 15 is 0 Å². The van der Waals surface area contributed by atoms with Crippen LogP contribution in [-0.4, -0.2) is 39.5 Å². The van der Waals surface area contributed by atoms with Crippen LogP contribution in [0, 0.1) is 13.8 Å². The minimum atomic E-state index is -0.484. The van der Waals surface area contributed by atoms with Gasteiger partial charge in [0, 0.05) is 23.1 Å². The maximum absolute atomic E-state index is 12.8. The molecule has 9 heteroatoms. The average molecular weight is 493 g/mol. The van der Waals surface area contributed by atoms with Gasteiger partial charge in [0.05, 0.1) is 12.9 Å². The fourth-order valence-corrected chi connectivity index (χ4v) is 5.47. The van der Waals surface area contributed by atoms with Crippen molar-refractivity contribution in [2.45, 2.75) is 19.0 Å². The normalized spacial score (nSPS) is 10.8. The lowest BCUT2D eigenvalue weighted by molar-refractivity contribution is -0.113. The maximum atomic E-state index is 12.8. The molecular weight excluding hydrogens is 468 g/mol. The number of benzene rings is 2. The first-order chi connectivity index (χ1) is 16.4. The van der Waals surface area contributed by atoms with Crippen LogP contribution in [0.2, 0.25) is 0 Å². The molecule has 0 saturated heterocycles. The standard InChI is InChI=1S/C25H24N4O3S2/c1-15-10-8-9-13-18(15)22-27-28-25(29(22)3)33-14-19(30)26-23-21(24(31)32-4)20(16(2)34-23)17-11-6-5-7-12-17/h5-13H,14H2,1-4H3,(H,26,30). The Hall–Kier alpha value is -3.43. The van der Waals surface area contributed by atoms with Crippen LogP contribution in [0.25, 0.3) is 22.5 Å². The monoisotopic (exact) mass is 492 g/mol. The smallest absolute Gasteiger partial charge is 0.341 e. The Morgan fingerprint density at radius 1 is 1.06 bits per heavy atom. The molecule has 0 aliphatic heterocycles. The molecule has 2 heterocycles. The molecule has 0 unspecified atom stereocenters. The molecule has 0 aliphatic rings. The number of rotatable bonds is 7. The van der Waals surface area contributed by atoms with Crippen molar-refractivity contribution in [2.75, 3.05) is 18.2 Å². The van der Waals surface area contributed by atoms with Gasteiger partial charge in [0.15, 0.2) is 11.0 Å². The van der Waals surface area contributed by atoms with Crippen molar-refractivity contribution in [3.05, 3.63) is 70.6 Å². The summed E-state index contributed by atoms with van der Waals surface area (Å²) in [7, 11) is 3.22. The SMILES string of the molecule is COC(=O)c1c(NC(=O)CSc2nnc(-c3ccccc3C)n2C)sc(C)c1-c1ccccc1. The van der Waals surface area contributed by atoms with Gasteiger partial charge in [-0.05, 0) is 25.0 Å². The van der Waals surface area contributed by atoms with E-state index < -0.39 is 5.97 Å². The van der Waals surface area contributed by atoms with Crippen LogP contribution >= 0.6 is 23.1 Å². The Balaban J connectivity index is 1.52. The zero-order valence-electron chi connectivity index (χ0n) is 19.3. The van der Waals surface area contributed by atoms with Gasteiger partial charge in [-0.15, -0.1) is 21.5 Å². The molecule has 0 saturated carbocycles. The van der Waals surface area contributed by atoms with Crippen LogP contribution in [-0.2, 0) is 16.6 Å². The highest BCUT2D eigenvalue weighted by Crippen LogP contribution is 2.40. The third kappa shape index (κ3) is 4.76. The van der Waals surface area contributed by atoms with Gasteiger partial charge in [-0.2, -0.15) is 0 Å². The number of anilines is 1. The predicted molar refractivity (Wildman–Crippen MR) is 136 cm³/mol. The first-order valence-corrected chi connectivity index (χ1v) is 12.4. The Labute approximate surface area is 206 Å². The van der Waals surface area contributed by atoms with Crippen molar-refractivity contribution in [1.29, 1.82) is 0 Å². The molecule has 0 aliphatic carbocycles. The number of aromatic nitrogens is 3. The van der Waals surface area contributed by atoms with E-state index in [9.17, 15) is 9.59 Å². The Morgan fingerprint density at radius 3 is 2.47 bits per heavy atom. The van der Waals surface area contributed by atoms with Crippen molar-refractivity contribution < 1.29 is 14.3 Å². The van der Waals surface area contributed by atoms with Crippen LogP contribution < -0.4 is 5.32 Å². The fourth-order valence-electron chi connectivity index (χ4n) is 3.67. The van der Waals surface area contributed by atoms with Gasteiger partial charge >= 0.3 is 5.97 Å². The van der Waals surface area contributed by atoms with Crippen molar-refractivity contribution in [1.82, 2.24) is 14.8 Å². The zero-order valence-corrected chi connectivity index (χ0v) is 20.9. The number of nitrogens with zero attached hydrogens (tertiary/aromatic N) is 3. The van der Waals surface area contributed by atoms with Gasteiger partial charge in [-0.3, -0.25) is 4.79 Å². The Morgan fingerprint density at radius 2 is 1.76 bits per heavy atom. The number of thioether (sulfide) groups is 1. The van der Waals surface area contributed by atoms with Crippen LogP contribution in [0.5, 0.6) is 0 Å². The third-order valence-electron chi connectivity index (χ3n) is 5.34. The minimum Gasteiger partial charge on any atom is -0.465 e. The first-order valence-electron chi connectivity index (χ1n) is 10.6. The van der Waals surface area contributed by atoms with Crippen LogP contribution in [0.3, 0.4) is 0 Å². The minimum absolute atomic E-state index is 0.123. The lowest BCUT2D eigenvalue weighted by Crippen LogP contribution is -2.16. The molecular formula is C25H24N4O3S2. The summed E-state index contributed by atoms with van der Waals surface area (Å²) in [6, 6.07) is 17.6. The van der Waals surface area contributed by atoms with E-state index in [0.29, 0.717) is 15.7 Å². The molecule has 174 valence electrons. The Kier molecular flexibility index (Phi) is 7.14. The second-order valence-electron chi connectivity index (χ2n) is 7.61. The van der Waals surface area contributed by atoms with Crippen molar-refractivity contribution >= 4 is 40.0 Å². The molecule has 2 aromatic carbocycles. The fraction of sp³-hybridized carbons (Fsp3) is 0.200. The number of ether oxygens (including phenoxy) is 1. The van der Waals surface area contributed by atoms with E-state index in [1.807, 2.05) is 80.1 Å². The first kappa shape index (κ1) is 23.7. The number of esters is 1. The highest BCUT2D eigenvalue weighted by molar-refractivity contribution is 7.99. The molecule has 0 fully saturated rings. The Bertz CT molecular complexity index is 1350. The topological polar surface area (TPSA) is 86.1 Å². The highest BCUT2D eigenvalue weighted by Gasteiger charge is 2.25. The van der Waals surface area contributed by atoms with Crippen molar-refractivity contribution in [3.8, 4) is 22.5 Å². The molecule has 0 bridgehead atoms. The number of nitrogens with one attached hydrogen (secondary N) is 1. The quantitative estimate of drug-likeness (QED) is 0.277. The second kappa shape index (κ2) is 10.2. The number of hydrogen-bond acceptors (Lipinski definition) is 7. The average Bonchev–Trinajstić information content (AvgIpc) is 3.36. The van der Waals surface area contributed by atoms with Crippen LogP contribution in [0.4, 0.5) is 5.00 Å². The molecule has 4 aromatic rings. The van der Waals surface area contributed by atoms with E-state index in [2.05, 4.69) is 15.5 Å². The van der Waals surface area contributed by atoms with Gasteiger partial charge < -0.3 is 14.6 Å². The summed E-state index contributed by atoms with van der Waals surface area (Å²) in [6.07, 6.45) is 0. The zero-order chi connectivity index (χ0) is 24.2.